The number of amides is 2. The molecule has 0 radical (unpaired) electrons. The van der Waals surface area contributed by atoms with E-state index >= 15 is 0 Å². The topological polar surface area (TPSA) is 95.5 Å². The van der Waals surface area contributed by atoms with Crippen molar-refractivity contribution in [3.8, 4) is 0 Å². The van der Waals surface area contributed by atoms with Gasteiger partial charge in [0.25, 0.3) is 0 Å². The second-order valence-electron chi connectivity index (χ2n) is 8.69. The van der Waals surface area contributed by atoms with Crippen LogP contribution in [0.5, 0.6) is 0 Å². The molecule has 0 aromatic carbocycles. The van der Waals surface area contributed by atoms with Crippen molar-refractivity contribution < 1.29 is 19.1 Å². The van der Waals surface area contributed by atoms with E-state index in [1.165, 1.54) is 0 Å². The summed E-state index contributed by atoms with van der Waals surface area (Å²) in [6, 6.07) is 0. The van der Waals surface area contributed by atoms with Gasteiger partial charge in [-0.3, -0.25) is 4.79 Å². The molecular weight excluding hydrogens is 386 g/mol. The van der Waals surface area contributed by atoms with Gasteiger partial charge in [0.15, 0.2) is 5.96 Å². The maximum absolute atomic E-state index is 11.9. The molecule has 0 aliphatic carbocycles. The van der Waals surface area contributed by atoms with E-state index in [1.54, 1.807) is 19.0 Å². The molecule has 1 rings (SSSR count). The van der Waals surface area contributed by atoms with Crippen LogP contribution in [0.3, 0.4) is 0 Å². The molecule has 0 atom stereocenters. The maximum atomic E-state index is 11.9. The number of aliphatic imine (C=N–C) groups is 1. The molecule has 2 amide bonds. The Morgan fingerprint density at radius 2 is 1.80 bits per heavy atom. The lowest BCUT2D eigenvalue weighted by atomic mass is 10.1. The summed E-state index contributed by atoms with van der Waals surface area (Å²) in [5.41, 5.74) is -0.484. The van der Waals surface area contributed by atoms with Crippen LogP contribution in [0, 0.1) is 0 Å². The van der Waals surface area contributed by atoms with E-state index in [9.17, 15) is 9.59 Å². The summed E-state index contributed by atoms with van der Waals surface area (Å²) in [7, 11) is 3.48. The second kappa shape index (κ2) is 13.3. The highest BCUT2D eigenvalue weighted by Crippen LogP contribution is 2.14. The molecule has 9 heteroatoms. The SMILES string of the molecule is CCCNC(=NCC(=O)N(C)C)N1CCC(OCCCNC(=O)OC(C)(C)C)CC1. The normalized spacial score (nSPS) is 15.7. The first kappa shape index (κ1) is 26.0. The zero-order valence-corrected chi connectivity index (χ0v) is 19.6. The minimum absolute atomic E-state index is 0.0102. The monoisotopic (exact) mass is 427 g/mol. The van der Waals surface area contributed by atoms with Crippen molar-refractivity contribution in [2.24, 2.45) is 4.99 Å². The van der Waals surface area contributed by atoms with Crippen molar-refractivity contribution in [2.45, 2.75) is 65.1 Å². The molecule has 0 aromatic rings. The Labute approximate surface area is 181 Å². The summed E-state index contributed by atoms with van der Waals surface area (Å²) >= 11 is 0. The molecule has 1 aliphatic rings. The molecule has 0 unspecified atom stereocenters. The number of alkyl carbamates (subject to hydrolysis) is 1. The number of hydrogen-bond acceptors (Lipinski definition) is 5. The minimum Gasteiger partial charge on any atom is -0.444 e. The van der Waals surface area contributed by atoms with Gasteiger partial charge in [0.1, 0.15) is 12.1 Å². The number of rotatable bonds is 9. The largest absolute Gasteiger partial charge is 0.444 e. The number of carbonyl (C=O) groups excluding carboxylic acids is 2. The molecule has 0 saturated carbocycles. The third-order valence-corrected chi connectivity index (χ3v) is 4.48. The van der Waals surface area contributed by atoms with Gasteiger partial charge in [0.05, 0.1) is 6.10 Å². The van der Waals surface area contributed by atoms with Gasteiger partial charge in [-0.05, 0) is 46.5 Å². The Bertz CT molecular complexity index is 552. The van der Waals surface area contributed by atoms with E-state index in [0.29, 0.717) is 13.2 Å². The zero-order valence-electron chi connectivity index (χ0n) is 19.6. The van der Waals surface area contributed by atoms with Crippen LogP contribution in [0.15, 0.2) is 4.99 Å². The van der Waals surface area contributed by atoms with Crippen LogP contribution in [-0.2, 0) is 14.3 Å². The van der Waals surface area contributed by atoms with Gasteiger partial charge in [0, 0.05) is 46.9 Å². The molecule has 30 heavy (non-hydrogen) atoms. The highest BCUT2D eigenvalue weighted by molar-refractivity contribution is 5.84. The number of likely N-dealkylation sites (N-methyl/N-ethyl adjacent to an activating group) is 1. The van der Waals surface area contributed by atoms with Crippen molar-refractivity contribution in [1.29, 1.82) is 0 Å². The summed E-state index contributed by atoms with van der Waals surface area (Å²) in [6.45, 7) is 11.4. The van der Waals surface area contributed by atoms with E-state index in [0.717, 1.165) is 51.3 Å². The number of carbonyl (C=O) groups is 2. The first-order chi connectivity index (χ1) is 14.1. The van der Waals surface area contributed by atoms with Crippen LogP contribution >= 0.6 is 0 Å². The third kappa shape index (κ3) is 11.2. The van der Waals surface area contributed by atoms with Gasteiger partial charge in [-0.1, -0.05) is 6.92 Å². The minimum atomic E-state index is -0.484. The number of nitrogens with one attached hydrogen (secondary N) is 2. The van der Waals surface area contributed by atoms with Gasteiger partial charge < -0.3 is 29.9 Å². The Morgan fingerprint density at radius 1 is 1.13 bits per heavy atom. The third-order valence-electron chi connectivity index (χ3n) is 4.48. The number of piperidine rings is 1. The quantitative estimate of drug-likeness (QED) is 0.331. The first-order valence-corrected chi connectivity index (χ1v) is 10.9. The van der Waals surface area contributed by atoms with E-state index in [-0.39, 0.29) is 18.6 Å². The molecule has 1 heterocycles. The Kier molecular flexibility index (Phi) is 11.5. The van der Waals surface area contributed by atoms with Gasteiger partial charge >= 0.3 is 6.09 Å². The summed E-state index contributed by atoms with van der Waals surface area (Å²) in [5, 5.41) is 6.09. The second-order valence-corrected chi connectivity index (χ2v) is 8.69. The molecule has 2 N–H and O–H groups in total. The van der Waals surface area contributed by atoms with Crippen molar-refractivity contribution in [3.05, 3.63) is 0 Å². The molecular formula is C21H41N5O4. The average molecular weight is 428 g/mol. The van der Waals surface area contributed by atoms with Gasteiger partial charge in [0.2, 0.25) is 5.91 Å². The molecule has 1 fully saturated rings. The predicted molar refractivity (Wildman–Crippen MR) is 119 cm³/mol. The lowest BCUT2D eigenvalue weighted by Gasteiger charge is -2.34. The smallest absolute Gasteiger partial charge is 0.407 e. The lowest BCUT2D eigenvalue weighted by Crippen LogP contribution is -2.47. The van der Waals surface area contributed by atoms with E-state index in [2.05, 4.69) is 27.4 Å². The van der Waals surface area contributed by atoms with Gasteiger partial charge in [-0.25, -0.2) is 9.79 Å². The van der Waals surface area contributed by atoms with Crippen LogP contribution in [0.1, 0.15) is 53.4 Å². The fourth-order valence-corrected chi connectivity index (χ4v) is 2.85. The number of hydrogen-bond donors (Lipinski definition) is 2. The summed E-state index contributed by atoms with van der Waals surface area (Å²) in [4.78, 5) is 31.7. The molecule has 174 valence electrons. The van der Waals surface area contributed by atoms with Gasteiger partial charge in [-0.15, -0.1) is 0 Å². The summed E-state index contributed by atoms with van der Waals surface area (Å²) in [6.07, 6.45) is 3.38. The lowest BCUT2D eigenvalue weighted by molar-refractivity contribution is -0.127. The maximum Gasteiger partial charge on any atom is 0.407 e. The fraction of sp³-hybridized carbons (Fsp3) is 0.857. The number of likely N-dealkylation sites (tertiary alicyclic amines) is 1. The van der Waals surface area contributed by atoms with Gasteiger partial charge in [-0.2, -0.15) is 0 Å². The molecule has 9 nitrogen and oxygen atoms in total. The van der Waals surface area contributed by atoms with Crippen molar-refractivity contribution >= 4 is 18.0 Å². The Hall–Kier alpha value is -2.03. The molecule has 0 bridgehead atoms. The first-order valence-electron chi connectivity index (χ1n) is 10.9. The van der Waals surface area contributed by atoms with Crippen molar-refractivity contribution in [2.75, 3.05) is 53.4 Å². The molecule has 1 aliphatic heterocycles. The highest BCUT2D eigenvalue weighted by atomic mass is 16.6. The van der Waals surface area contributed by atoms with E-state index < -0.39 is 11.7 Å². The van der Waals surface area contributed by atoms with E-state index in [1.807, 2.05) is 20.8 Å². The molecule has 0 spiro atoms. The summed E-state index contributed by atoms with van der Waals surface area (Å²) in [5.74, 6) is 0.788. The zero-order chi connectivity index (χ0) is 22.6. The Morgan fingerprint density at radius 3 is 2.37 bits per heavy atom. The molecule has 0 aromatic heterocycles. The average Bonchev–Trinajstić information content (AvgIpc) is 2.66. The standard InChI is InChI=1S/C21H41N5O4/c1-7-11-22-19(24-16-18(27)25(5)6)26-13-9-17(10-14-26)29-15-8-12-23-20(28)30-21(2,3)4/h17H,7-16H2,1-6H3,(H,22,24)(H,23,28). The fourth-order valence-electron chi connectivity index (χ4n) is 2.85. The number of ether oxygens (including phenoxy) is 2. The summed E-state index contributed by atoms with van der Waals surface area (Å²) < 4.78 is 11.2. The van der Waals surface area contributed by atoms with E-state index in [4.69, 9.17) is 9.47 Å². The van der Waals surface area contributed by atoms with Crippen LogP contribution in [0.2, 0.25) is 0 Å². The van der Waals surface area contributed by atoms with Crippen LogP contribution in [0.25, 0.3) is 0 Å². The Balaban J connectivity index is 2.32. The molecule has 1 saturated heterocycles. The highest BCUT2D eigenvalue weighted by Gasteiger charge is 2.22. The predicted octanol–water partition coefficient (Wildman–Crippen LogP) is 1.83. The number of guanidine groups is 1. The van der Waals surface area contributed by atoms with Crippen LogP contribution in [0.4, 0.5) is 4.79 Å². The number of nitrogens with zero attached hydrogens (tertiary/aromatic N) is 3. The van der Waals surface area contributed by atoms with Crippen LogP contribution in [-0.4, -0.2) is 92.9 Å². The van der Waals surface area contributed by atoms with Crippen LogP contribution < -0.4 is 10.6 Å². The van der Waals surface area contributed by atoms with Crippen molar-refractivity contribution in [3.63, 3.8) is 0 Å². The van der Waals surface area contributed by atoms with Crippen molar-refractivity contribution in [1.82, 2.24) is 20.4 Å².